The maximum absolute atomic E-state index is 13.7. The average Bonchev–Trinajstić information content (AvgIpc) is 3.54. The Bertz CT molecular complexity index is 1450. The molecule has 3 aromatic carbocycles. The van der Waals surface area contributed by atoms with Crippen LogP contribution in [-0.4, -0.2) is 52.4 Å². The molecule has 0 aliphatic carbocycles. The lowest BCUT2D eigenvalue weighted by molar-refractivity contribution is -0.123. The number of rotatable bonds is 17. The Balaban J connectivity index is 1.41. The fourth-order valence-corrected chi connectivity index (χ4v) is 5.67. The number of fused-ring (bicyclic) bond motifs is 1. The van der Waals surface area contributed by atoms with Crippen LogP contribution < -0.4 is 16.0 Å². The van der Waals surface area contributed by atoms with Crippen molar-refractivity contribution in [2.24, 2.45) is 5.92 Å². The van der Waals surface area contributed by atoms with E-state index in [1.54, 1.807) is 12.4 Å². The third kappa shape index (κ3) is 9.76. The molecular formula is C36H48N6O2. The van der Waals surface area contributed by atoms with E-state index in [2.05, 4.69) is 75.9 Å². The van der Waals surface area contributed by atoms with Crippen LogP contribution in [0.15, 0.2) is 79.1 Å². The van der Waals surface area contributed by atoms with Crippen LogP contribution in [0.4, 0.5) is 0 Å². The van der Waals surface area contributed by atoms with Crippen LogP contribution in [0, 0.1) is 5.92 Å². The third-order valence-electron chi connectivity index (χ3n) is 7.79. The molecule has 1 unspecified atom stereocenters. The molecule has 0 saturated heterocycles. The number of H-pyrrole nitrogens is 1. The number of imidazole rings is 1. The Kier molecular flexibility index (Phi) is 12.5. The van der Waals surface area contributed by atoms with Crippen molar-refractivity contribution < 1.29 is 9.59 Å². The zero-order valence-electron chi connectivity index (χ0n) is 26.6. The average molecular weight is 597 g/mol. The molecule has 1 aromatic heterocycles. The first-order valence-electron chi connectivity index (χ1n) is 15.9. The van der Waals surface area contributed by atoms with Crippen molar-refractivity contribution in [3.63, 3.8) is 0 Å². The molecule has 8 nitrogen and oxygen atoms in total. The molecule has 0 radical (unpaired) electrons. The topological polar surface area (TPSA) is 102 Å². The van der Waals surface area contributed by atoms with Crippen LogP contribution in [0.2, 0.25) is 0 Å². The summed E-state index contributed by atoms with van der Waals surface area (Å²) in [6.45, 7) is 12.9. The van der Waals surface area contributed by atoms with Crippen molar-refractivity contribution in [1.29, 1.82) is 0 Å². The summed E-state index contributed by atoms with van der Waals surface area (Å²) in [5.74, 6) is 1.04. The van der Waals surface area contributed by atoms with Gasteiger partial charge >= 0.3 is 0 Å². The predicted octanol–water partition coefficient (Wildman–Crippen LogP) is 5.98. The number of aromatic nitrogens is 2. The second-order valence-electron chi connectivity index (χ2n) is 12.0. The van der Waals surface area contributed by atoms with E-state index in [4.69, 9.17) is 0 Å². The minimum absolute atomic E-state index is 0.163. The highest BCUT2D eigenvalue weighted by Gasteiger charge is 2.24. The van der Waals surface area contributed by atoms with E-state index >= 15 is 0 Å². The fourth-order valence-electron chi connectivity index (χ4n) is 5.67. The molecule has 0 aliphatic heterocycles. The molecule has 0 fully saturated rings. The Morgan fingerprint density at radius 2 is 1.68 bits per heavy atom. The highest BCUT2D eigenvalue weighted by molar-refractivity contribution is 5.97. The summed E-state index contributed by atoms with van der Waals surface area (Å²) in [4.78, 5) is 36.9. The number of benzene rings is 3. The van der Waals surface area contributed by atoms with Gasteiger partial charge in [0.05, 0.1) is 12.6 Å². The van der Waals surface area contributed by atoms with Crippen LogP contribution in [0.3, 0.4) is 0 Å². The van der Waals surface area contributed by atoms with Gasteiger partial charge in [-0.25, -0.2) is 4.98 Å². The molecule has 2 atom stereocenters. The minimum atomic E-state index is -0.642. The van der Waals surface area contributed by atoms with E-state index in [0.717, 1.165) is 60.2 Å². The van der Waals surface area contributed by atoms with Gasteiger partial charge < -0.3 is 25.8 Å². The van der Waals surface area contributed by atoms with Gasteiger partial charge in [-0.05, 0) is 79.2 Å². The first-order chi connectivity index (χ1) is 21.3. The zero-order chi connectivity index (χ0) is 31.3. The molecule has 0 aliphatic rings. The van der Waals surface area contributed by atoms with Crippen LogP contribution in [0.25, 0.3) is 10.8 Å². The smallest absolute Gasteiger partial charge is 0.251 e. The van der Waals surface area contributed by atoms with Gasteiger partial charge in [0.1, 0.15) is 11.9 Å². The van der Waals surface area contributed by atoms with Gasteiger partial charge in [0.2, 0.25) is 5.91 Å². The van der Waals surface area contributed by atoms with Crippen LogP contribution in [0.5, 0.6) is 0 Å². The lowest BCUT2D eigenvalue weighted by Gasteiger charge is -2.26. The normalized spacial score (nSPS) is 12.9. The molecule has 44 heavy (non-hydrogen) atoms. The number of carbonyl (C=O) groups is 2. The Labute approximate surface area is 262 Å². The van der Waals surface area contributed by atoms with Gasteiger partial charge in [-0.2, -0.15) is 0 Å². The molecule has 4 rings (SSSR count). The summed E-state index contributed by atoms with van der Waals surface area (Å²) in [6.07, 6.45) is 6.00. The minimum Gasteiger partial charge on any atom is -0.348 e. The number of hydrogen-bond donors (Lipinski definition) is 4. The first kappa shape index (κ1) is 32.9. The number of amides is 2. The monoisotopic (exact) mass is 596 g/mol. The molecule has 0 bridgehead atoms. The Morgan fingerprint density at radius 3 is 2.41 bits per heavy atom. The Hall–Kier alpha value is -4.01. The first-order valence-corrected chi connectivity index (χ1v) is 15.9. The van der Waals surface area contributed by atoms with Crippen LogP contribution in [0.1, 0.15) is 80.3 Å². The quantitative estimate of drug-likeness (QED) is 0.120. The molecular weight excluding hydrogens is 548 g/mol. The summed E-state index contributed by atoms with van der Waals surface area (Å²) in [5.41, 5.74) is 2.66. The second kappa shape index (κ2) is 16.7. The van der Waals surface area contributed by atoms with E-state index in [9.17, 15) is 9.59 Å². The maximum atomic E-state index is 13.7. The molecule has 8 heteroatoms. The van der Waals surface area contributed by atoms with E-state index in [1.807, 2.05) is 49.4 Å². The van der Waals surface area contributed by atoms with E-state index in [0.29, 0.717) is 31.0 Å². The summed E-state index contributed by atoms with van der Waals surface area (Å²) >= 11 is 0. The summed E-state index contributed by atoms with van der Waals surface area (Å²) in [5, 5.41) is 11.9. The number of aromatic amines is 1. The Morgan fingerprint density at radius 1 is 0.909 bits per heavy atom. The standard InChI is InChI=1S/C36H48N6O2/c1-5-21-42(25-26(2)3)22-9-14-33(36(44)40-27(4)31-13-8-11-29-10-6-7-12-32(29)31)41-35(43)30-17-15-28(16-18-30)23-37-24-34-38-19-20-39-34/h6-8,10-13,15-20,26-27,33,37H,5,9,14,21-25H2,1-4H3,(H,38,39)(H,40,44)(H,41,43)/t27?,33-/m0/s1. The van der Waals surface area contributed by atoms with Crippen molar-refractivity contribution in [3.8, 4) is 0 Å². The number of hydrogen-bond acceptors (Lipinski definition) is 5. The second-order valence-corrected chi connectivity index (χ2v) is 12.0. The summed E-state index contributed by atoms with van der Waals surface area (Å²) < 4.78 is 0. The highest BCUT2D eigenvalue weighted by atomic mass is 16.2. The molecule has 2 amide bonds. The van der Waals surface area contributed by atoms with Crippen molar-refractivity contribution in [3.05, 3.63) is 102 Å². The van der Waals surface area contributed by atoms with Gasteiger partial charge in [0.15, 0.2) is 0 Å². The molecule has 234 valence electrons. The summed E-state index contributed by atoms with van der Waals surface area (Å²) in [6, 6.07) is 21.0. The molecule has 0 saturated carbocycles. The van der Waals surface area contributed by atoms with E-state index < -0.39 is 6.04 Å². The van der Waals surface area contributed by atoms with E-state index in [-0.39, 0.29) is 17.9 Å². The van der Waals surface area contributed by atoms with Crippen LogP contribution in [-0.2, 0) is 17.9 Å². The van der Waals surface area contributed by atoms with Crippen molar-refractivity contribution in [2.45, 2.75) is 72.1 Å². The van der Waals surface area contributed by atoms with Gasteiger partial charge in [-0.15, -0.1) is 0 Å². The van der Waals surface area contributed by atoms with Gasteiger partial charge in [-0.3, -0.25) is 9.59 Å². The zero-order valence-corrected chi connectivity index (χ0v) is 26.6. The number of nitrogens with zero attached hydrogens (tertiary/aromatic N) is 2. The predicted molar refractivity (Wildman–Crippen MR) is 178 cm³/mol. The van der Waals surface area contributed by atoms with Crippen molar-refractivity contribution >= 4 is 22.6 Å². The van der Waals surface area contributed by atoms with E-state index in [1.165, 1.54) is 0 Å². The molecule has 4 aromatic rings. The SMILES string of the molecule is CCCN(CCC[C@H](NC(=O)c1ccc(CNCc2ncc[nH]2)cc1)C(=O)NC(C)c1cccc2ccccc12)CC(C)C. The molecule has 0 spiro atoms. The highest BCUT2D eigenvalue weighted by Crippen LogP contribution is 2.24. The van der Waals surface area contributed by atoms with Gasteiger partial charge in [0.25, 0.3) is 5.91 Å². The largest absolute Gasteiger partial charge is 0.348 e. The number of nitrogens with one attached hydrogen (secondary N) is 4. The van der Waals surface area contributed by atoms with Gasteiger partial charge in [-0.1, -0.05) is 75.4 Å². The molecule has 1 heterocycles. The van der Waals surface area contributed by atoms with Crippen molar-refractivity contribution in [2.75, 3.05) is 19.6 Å². The van der Waals surface area contributed by atoms with Gasteiger partial charge in [0, 0.05) is 31.0 Å². The van der Waals surface area contributed by atoms with Crippen molar-refractivity contribution in [1.82, 2.24) is 30.8 Å². The maximum Gasteiger partial charge on any atom is 0.251 e. The lowest BCUT2D eigenvalue weighted by atomic mass is 9.99. The summed E-state index contributed by atoms with van der Waals surface area (Å²) in [7, 11) is 0. The van der Waals surface area contributed by atoms with Crippen LogP contribution >= 0.6 is 0 Å². The lowest BCUT2D eigenvalue weighted by Crippen LogP contribution is -2.47. The number of carbonyl (C=O) groups excluding carboxylic acids is 2. The third-order valence-corrected chi connectivity index (χ3v) is 7.79. The fraction of sp³-hybridized carbons (Fsp3) is 0.417. The molecule has 4 N–H and O–H groups in total.